The van der Waals surface area contributed by atoms with Crippen LogP contribution in [0.25, 0.3) is 0 Å². The normalized spacial score (nSPS) is 21.0. The highest BCUT2D eigenvalue weighted by Crippen LogP contribution is 1.99. The predicted octanol–water partition coefficient (Wildman–Crippen LogP) is -0.0156. The molecule has 1 aliphatic rings. The molecule has 0 saturated carbocycles. The summed E-state index contributed by atoms with van der Waals surface area (Å²) in [5.74, 6) is 0. The minimum absolute atomic E-state index is 0.210. The van der Waals surface area contributed by atoms with Gasteiger partial charge >= 0.3 is 0 Å². The molecule has 16 heavy (non-hydrogen) atoms. The maximum absolute atomic E-state index is 10.0. The molecule has 96 valence electrons. The molecule has 0 radical (unpaired) electrons. The topological polar surface area (TPSA) is 38.7 Å². The first-order valence-corrected chi connectivity index (χ1v) is 6.59. The van der Waals surface area contributed by atoms with Crippen LogP contribution in [0.1, 0.15) is 20.3 Å². The van der Waals surface area contributed by atoms with Crippen LogP contribution in [0.5, 0.6) is 0 Å². The van der Waals surface area contributed by atoms with Crippen LogP contribution in [0.3, 0.4) is 0 Å². The van der Waals surface area contributed by atoms with Gasteiger partial charge < -0.3 is 15.3 Å². The van der Waals surface area contributed by atoms with E-state index in [0.717, 1.165) is 52.4 Å². The Morgan fingerprint density at radius 2 is 2.00 bits per heavy atom. The Hall–Kier alpha value is -0.160. The number of rotatable bonds is 6. The van der Waals surface area contributed by atoms with Crippen LogP contribution in [-0.4, -0.2) is 73.4 Å². The Morgan fingerprint density at radius 1 is 1.25 bits per heavy atom. The number of nitrogens with zero attached hydrogens (tertiary/aromatic N) is 2. The fourth-order valence-corrected chi connectivity index (χ4v) is 2.22. The van der Waals surface area contributed by atoms with Crippen molar-refractivity contribution >= 4 is 0 Å². The van der Waals surface area contributed by atoms with E-state index >= 15 is 0 Å². The number of aliphatic hydroxyl groups excluding tert-OH is 1. The fourth-order valence-electron chi connectivity index (χ4n) is 2.22. The van der Waals surface area contributed by atoms with Crippen molar-refractivity contribution < 1.29 is 5.11 Å². The standard InChI is InChI=1S/C12H27N3O/c1-3-14(4-2)10-12(16)11-15-8-5-6-13-7-9-15/h12-13,16H,3-11H2,1-2H3/t12-/m1/s1. The van der Waals surface area contributed by atoms with Gasteiger partial charge in [0.1, 0.15) is 0 Å². The number of hydrogen-bond donors (Lipinski definition) is 2. The van der Waals surface area contributed by atoms with Crippen molar-refractivity contribution in [3.8, 4) is 0 Å². The summed E-state index contributed by atoms with van der Waals surface area (Å²) >= 11 is 0. The van der Waals surface area contributed by atoms with Gasteiger partial charge in [0.2, 0.25) is 0 Å². The highest BCUT2D eigenvalue weighted by molar-refractivity contribution is 4.71. The smallest absolute Gasteiger partial charge is 0.0793 e. The Kier molecular flexibility index (Phi) is 6.96. The first kappa shape index (κ1) is 13.9. The largest absolute Gasteiger partial charge is 0.390 e. The molecular formula is C12H27N3O. The lowest BCUT2D eigenvalue weighted by Crippen LogP contribution is -2.41. The Balaban J connectivity index is 2.23. The van der Waals surface area contributed by atoms with Crippen LogP contribution in [0.2, 0.25) is 0 Å². The Labute approximate surface area is 99.6 Å². The SMILES string of the molecule is CCN(CC)C[C@@H](O)CN1CCCNCC1. The van der Waals surface area contributed by atoms with Gasteiger partial charge in [0.15, 0.2) is 0 Å². The summed E-state index contributed by atoms with van der Waals surface area (Å²) in [5.41, 5.74) is 0. The molecule has 0 amide bonds. The summed E-state index contributed by atoms with van der Waals surface area (Å²) < 4.78 is 0. The minimum Gasteiger partial charge on any atom is -0.390 e. The maximum Gasteiger partial charge on any atom is 0.0793 e. The average Bonchev–Trinajstić information content (AvgIpc) is 2.54. The van der Waals surface area contributed by atoms with Crippen LogP contribution in [0, 0.1) is 0 Å². The molecule has 2 N–H and O–H groups in total. The van der Waals surface area contributed by atoms with Crippen LogP contribution < -0.4 is 5.32 Å². The Morgan fingerprint density at radius 3 is 2.69 bits per heavy atom. The van der Waals surface area contributed by atoms with Gasteiger partial charge in [-0.25, -0.2) is 0 Å². The molecule has 0 spiro atoms. The lowest BCUT2D eigenvalue weighted by atomic mass is 10.2. The van der Waals surface area contributed by atoms with Gasteiger partial charge in [0, 0.05) is 26.2 Å². The summed E-state index contributed by atoms with van der Waals surface area (Å²) in [6.07, 6.45) is 0.982. The molecular weight excluding hydrogens is 202 g/mol. The molecule has 1 atom stereocenters. The summed E-state index contributed by atoms with van der Waals surface area (Å²) in [6.45, 7) is 12.3. The van der Waals surface area contributed by atoms with E-state index in [9.17, 15) is 5.11 Å². The molecule has 0 bridgehead atoms. The molecule has 1 saturated heterocycles. The van der Waals surface area contributed by atoms with Crippen LogP contribution >= 0.6 is 0 Å². The van der Waals surface area contributed by atoms with Gasteiger partial charge in [-0.15, -0.1) is 0 Å². The number of nitrogens with one attached hydrogen (secondary N) is 1. The van der Waals surface area contributed by atoms with E-state index in [-0.39, 0.29) is 6.10 Å². The number of likely N-dealkylation sites (N-methyl/N-ethyl adjacent to an activating group) is 1. The van der Waals surface area contributed by atoms with E-state index in [0.29, 0.717) is 0 Å². The van der Waals surface area contributed by atoms with Gasteiger partial charge in [-0.05, 0) is 32.6 Å². The molecule has 1 fully saturated rings. The summed E-state index contributed by atoms with van der Waals surface area (Å²) in [5, 5.41) is 13.4. The summed E-state index contributed by atoms with van der Waals surface area (Å²) in [4.78, 5) is 4.65. The molecule has 1 heterocycles. The van der Waals surface area contributed by atoms with Gasteiger partial charge in [0.25, 0.3) is 0 Å². The molecule has 1 aliphatic heterocycles. The lowest BCUT2D eigenvalue weighted by molar-refractivity contribution is 0.0793. The van der Waals surface area contributed by atoms with Crippen molar-refractivity contribution in [2.45, 2.75) is 26.4 Å². The third kappa shape index (κ3) is 5.25. The van der Waals surface area contributed by atoms with Crippen molar-refractivity contribution in [1.82, 2.24) is 15.1 Å². The molecule has 0 aromatic rings. The second-order valence-electron chi connectivity index (χ2n) is 4.54. The van der Waals surface area contributed by atoms with E-state index in [1.165, 1.54) is 6.42 Å². The summed E-state index contributed by atoms with van der Waals surface area (Å²) in [7, 11) is 0. The Bertz CT molecular complexity index is 166. The first-order valence-electron chi connectivity index (χ1n) is 6.59. The van der Waals surface area contributed by atoms with Crippen molar-refractivity contribution in [1.29, 1.82) is 0 Å². The molecule has 4 heteroatoms. The molecule has 0 unspecified atom stereocenters. The predicted molar refractivity (Wildman–Crippen MR) is 67.7 cm³/mol. The molecule has 0 aromatic heterocycles. The number of aliphatic hydroxyl groups is 1. The van der Waals surface area contributed by atoms with E-state index in [1.54, 1.807) is 0 Å². The van der Waals surface area contributed by atoms with Crippen LogP contribution in [0.4, 0.5) is 0 Å². The van der Waals surface area contributed by atoms with E-state index in [2.05, 4.69) is 29.0 Å². The van der Waals surface area contributed by atoms with Crippen molar-refractivity contribution in [3.63, 3.8) is 0 Å². The first-order chi connectivity index (χ1) is 7.76. The van der Waals surface area contributed by atoms with Crippen LogP contribution in [-0.2, 0) is 0 Å². The lowest BCUT2D eigenvalue weighted by Gasteiger charge is -2.26. The zero-order valence-corrected chi connectivity index (χ0v) is 10.8. The van der Waals surface area contributed by atoms with Gasteiger partial charge in [0.05, 0.1) is 6.10 Å². The molecule has 0 aliphatic carbocycles. The van der Waals surface area contributed by atoms with E-state index in [4.69, 9.17) is 0 Å². The number of β-amino-alcohol motifs (C(OH)–C–C–N with tert-alkyl or cyclic N) is 1. The third-order valence-corrected chi connectivity index (χ3v) is 3.27. The van der Waals surface area contributed by atoms with Crippen molar-refractivity contribution in [3.05, 3.63) is 0 Å². The highest BCUT2D eigenvalue weighted by Gasteiger charge is 2.15. The van der Waals surface area contributed by atoms with E-state index < -0.39 is 0 Å². The summed E-state index contributed by atoms with van der Waals surface area (Å²) in [6, 6.07) is 0. The highest BCUT2D eigenvalue weighted by atomic mass is 16.3. The van der Waals surface area contributed by atoms with E-state index in [1.807, 2.05) is 0 Å². The maximum atomic E-state index is 10.0. The zero-order valence-electron chi connectivity index (χ0n) is 10.8. The minimum atomic E-state index is -0.210. The van der Waals surface area contributed by atoms with Crippen molar-refractivity contribution in [2.24, 2.45) is 0 Å². The van der Waals surface area contributed by atoms with Gasteiger partial charge in [-0.1, -0.05) is 13.8 Å². The average molecular weight is 229 g/mol. The monoisotopic (exact) mass is 229 g/mol. The molecule has 4 nitrogen and oxygen atoms in total. The van der Waals surface area contributed by atoms with Gasteiger partial charge in [-0.3, -0.25) is 4.90 Å². The number of hydrogen-bond acceptors (Lipinski definition) is 4. The second-order valence-corrected chi connectivity index (χ2v) is 4.54. The van der Waals surface area contributed by atoms with Crippen molar-refractivity contribution in [2.75, 3.05) is 52.4 Å². The molecule has 1 rings (SSSR count). The zero-order chi connectivity index (χ0) is 11.8. The third-order valence-electron chi connectivity index (χ3n) is 3.27. The van der Waals surface area contributed by atoms with Gasteiger partial charge in [-0.2, -0.15) is 0 Å². The molecule has 0 aromatic carbocycles. The van der Waals surface area contributed by atoms with Crippen LogP contribution in [0.15, 0.2) is 0 Å². The second kappa shape index (κ2) is 8.01. The fraction of sp³-hybridized carbons (Fsp3) is 1.00. The quantitative estimate of drug-likeness (QED) is 0.672.